The lowest BCUT2D eigenvalue weighted by atomic mass is 9.99. The fourth-order valence-electron chi connectivity index (χ4n) is 3.33. The quantitative estimate of drug-likeness (QED) is 0.777. The molecule has 1 aliphatic heterocycles. The highest BCUT2D eigenvalue weighted by atomic mass is 16.5. The Labute approximate surface area is 166 Å². The minimum Gasteiger partial charge on any atom is -0.483 e. The van der Waals surface area contributed by atoms with Crippen molar-refractivity contribution in [1.82, 2.24) is 0 Å². The van der Waals surface area contributed by atoms with Crippen LogP contribution in [-0.4, -0.2) is 25.0 Å². The molecule has 2 amide bonds. The standard InChI is InChI=1S/C23H28N2O3/c1-16(2)12-13-25-20-10-9-19(14-18(20)8-11-23(25)27)24-22(26)15-28-21-7-5-4-6-17(21)3/h4-7,9-10,14,16H,8,11-13,15H2,1-3H3,(H,24,26). The zero-order valence-electron chi connectivity index (χ0n) is 16.8. The number of amides is 2. The average molecular weight is 380 g/mol. The lowest BCUT2D eigenvalue weighted by Gasteiger charge is -2.30. The van der Waals surface area contributed by atoms with Crippen molar-refractivity contribution < 1.29 is 14.3 Å². The van der Waals surface area contributed by atoms with Crippen LogP contribution in [0.2, 0.25) is 0 Å². The fraction of sp³-hybridized carbons (Fsp3) is 0.391. The van der Waals surface area contributed by atoms with Crippen LogP contribution in [0, 0.1) is 12.8 Å². The van der Waals surface area contributed by atoms with Crippen LogP contribution >= 0.6 is 0 Å². The van der Waals surface area contributed by atoms with Crippen molar-refractivity contribution in [1.29, 1.82) is 0 Å². The van der Waals surface area contributed by atoms with Gasteiger partial charge in [0.05, 0.1) is 0 Å². The van der Waals surface area contributed by atoms with Crippen LogP contribution in [0.3, 0.4) is 0 Å². The molecule has 1 aliphatic rings. The van der Waals surface area contributed by atoms with Gasteiger partial charge in [-0.1, -0.05) is 32.0 Å². The smallest absolute Gasteiger partial charge is 0.262 e. The summed E-state index contributed by atoms with van der Waals surface area (Å²) < 4.78 is 5.60. The summed E-state index contributed by atoms with van der Waals surface area (Å²) in [6.07, 6.45) is 2.19. The molecule has 28 heavy (non-hydrogen) atoms. The number of hydrogen-bond acceptors (Lipinski definition) is 3. The molecule has 0 aromatic heterocycles. The third-order valence-corrected chi connectivity index (χ3v) is 4.95. The van der Waals surface area contributed by atoms with Crippen molar-refractivity contribution in [2.45, 2.75) is 40.0 Å². The van der Waals surface area contributed by atoms with E-state index in [1.54, 1.807) is 0 Å². The summed E-state index contributed by atoms with van der Waals surface area (Å²) in [5.74, 6) is 1.23. The molecule has 0 aliphatic carbocycles. The molecule has 1 N–H and O–H groups in total. The number of benzene rings is 2. The lowest BCUT2D eigenvalue weighted by molar-refractivity contribution is -0.119. The molecular formula is C23H28N2O3. The van der Waals surface area contributed by atoms with E-state index in [0.29, 0.717) is 24.5 Å². The molecule has 0 saturated heterocycles. The van der Waals surface area contributed by atoms with Crippen LogP contribution in [0.25, 0.3) is 0 Å². The summed E-state index contributed by atoms with van der Waals surface area (Å²) in [5, 5.41) is 2.89. The Morgan fingerprint density at radius 3 is 2.71 bits per heavy atom. The predicted molar refractivity (Wildman–Crippen MR) is 112 cm³/mol. The monoisotopic (exact) mass is 380 g/mol. The normalized spacial score (nSPS) is 13.4. The number of ether oxygens (including phenoxy) is 1. The first-order valence-electron chi connectivity index (χ1n) is 9.85. The zero-order chi connectivity index (χ0) is 20.1. The van der Waals surface area contributed by atoms with Crippen molar-refractivity contribution in [3.63, 3.8) is 0 Å². The van der Waals surface area contributed by atoms with Crippen molar-refractivity contribution in [3.8, 4) is 5.75 Å². The van der Waals surface area contributed by atoms with E-state index in [1.165, 1.54) is 0 Å². The van der Waals surface area contributed by atoms with Gasteiger partial charge in [0.1, 0.15) is 5.75 Å². The van der Waals surface area contributed by atoms with Crippen LogP contribution in [0.5, 0.6) is 5.75 Å². The Hall–Kier alpha value is -2.82. The molecule has 5 heteroatoms. The topological polar surface area (TPSA) is 58.6 Å². The van der Waals surface area contributed by atoms with E-state index in [1.807, 2.05) is 54.3 Å². The SMILES string of the molecule is Cc1ccccc1OCC(=O)Nc1ccc2c(c1)CCC(=O)N2CCC(C)C. The van der Waals surface area contributed by atoms with Gasteiger partial charge in [0.15, 0.2) is 6.61 Å². The van der Waals surface area contributed by atoms with Gasteiger partial charge in [0.2, 0.25) is 5.91 Å². The maximum absolute atomic E-state index is 12.3. The molecule has 0 fully saturated rings. The predicted octanol–water partition coefficient (Wildman–Crippen LogP) is 4.34. The Bertz CT molecular complexity index is 861. The van der Waals surface area contributed by atoms with Gasteiger partial charge in [-0.2, -0.15) is 0 Å². The van der Waals surface area contributed by atoms with E-state index < -0.39 is 0 Å². The number of carbonyl (C=O) groups is 2. The van der Waals surface area contributed by atoms with Crippen LogP contribution in [0.1, 0.15) is 37.8 Å². The number of anilines is 2. The Morgan fingerprint density at radius 2 is 1.96 bits per heavy atom. The van der Waals surface area contributed by atoms with E-state index in [9.17, 15) is 9.59 Å². The average Bonchev–Trinajstić information content (AvgIpc) is 2.66. The summed E-state index contributed by atoms with van der Waals surface area (Å²) in [6.45, 7) is 6.96. The molecule has 0 spiro atoms. The van der Waals surface area contributed by atoms with Gasteiger partial charge in [-0.25, -0.2) is 0 Å². The second-order valence-electron chi connectivity index (χ2n) is 7.67. The van der Waals surface area contributed by atoms with E-state index >= 15 is 0 Å². The molecule has 5 nitrogen and oxygen atoms in total. The molecule has 0 saturated carbocycles. The first-order valence-corrected chi connectivity index (χ1v) is 9.85. The molecule has 0 bridgehead atoms. The van der Waals surface area contributed by atoms with Crippen LogP contribution in [-0.2, 0) is 16.0 Å². The van der Waals surface area contributed by atoms with Crippen molar-refractivity contribution in [2.24, 2.45) is 5.92 Å². The lowest BCUT2D eigenvalue weighted by Crippen LogP contribution is -2.36. The molecule has 0 radical (unpaired) electrons. The van der Waals surface area contributed by atoms with E-state index in [4.69, 9.17) is 4.74 Å². The summed E-state index contributed by atoms with van der Waals surface area (Å²) in [4.78, 5) is 26.5. The largest absolute Gasteiger partial charge is 0.483 e. The van der Waals surface area contributed by atoms with Crippen LogP contribution in [0.4, 0.5) is 11.4 Å². The van der Waals surface area contributed by atoms with Crippen molar-refractivity contribution in [2.75, 3.05) is 23.4 Å². The molecule has 0 atom stereocenters. The number of nitrogens with one attached hydrogen (secondary N) is 1. The highest BCUT2D eigenvalue weighted by molar-refractivity contribution is 5.97. The minimum absolute atomic E-state index is 0.0407. The number of rotatable bonds is 7. The van der Waals surface area contributed by atoms with Gasteiger partial charge >= 0.3 is 0 Å². The first kappa shape index (κ1) is 19.9. The van der Waals surface area contributed by atoms with Crippen molar-refractivity contribution >= 4 is 23.2 Å². The maximum atomic E-state index is 12.3. The Kier molecular flexibility index (Phi) is 6.34. The molecule has 0 unspecified atom stereocenters. The van der Waals surface area contributed by atoms with E-state index in [2.05, 4.69) is 19.2 Å². The third kappa shape index (κ3) is 4.91. The highest BCUT2D eigenvalue weighted by Gasteiger charge is 2.24. The van der Waals surface area contributed by atoms with E-state index in [-0.39, 0.29) is 18.4 Å². The van der Waals surface area contributed by atoms with E-state index in [0.717, 1.165) is 35.5 Å². The van der Waals surface area contributed by atoms with Crippen LogP contribution in [0.15, 0.2) is 42.5 Å². The molecule has 2 aromatic carbocycles. The minimum atomic E-state index is -0.202. The summed E-state index contributed by atoms with van der Waals surface area (Å²) in [5.41, 5.74) is 3.79. The number of para-hydroxylation sites is 1. The number of fused-ring (bicyclic) bond motifs is 1. The molecule has 1 heterocycles. The summed E-state index contributed by atoms with van der Waals surface area (Å²) >= 11 is 0. The molecule has 2 aromatic rings. The number of aryl methyl sites for hydroxylation is 2. The zero-order valence-corrected chi connectivity index (χ0v) is 16.8. The number of hydrogen-bond donors (Lipinski definition) is 1. The third-order valence-electron chi connectivity index (χ3n) is 4.95. The molecular weight excluding hydrogens is 352 g/mol. The first-order chi connectivity index (χ1) is 13.4. The number of nitrogens with zero attached hydrogens (tertiary/aromatic N) is 1. The van der Waals surface area contributed by atoms with Gasteiger partial charge in [-0.15, -0.1) is 0 Å². The summed E-state index contributed by atoms with van der Waals surface area (Å²) in [7, 11) is 0. The second kappa shape index (κ2) is 8.91. The highest BCUT2D eigenvalue weighted by Crippen LogP contribution is 2.31. The van der Waals surface area contributed by atoms with Gasteiger partial charge in [0, 0.05) is 24.3 Å². The Balaban J connectivity index is 1.64. The molecule has 3 rings (SSSR count). The van der Waals surface area contributed by atoms with Gasteiger partial charge < -0.3 is 15.0 Å². The van der Waals surface area contributed by atoms with Gasteiger partial charge in [-0.05, 0) is 61.1 Å². The Morgan fingerprint density at radius 1 is 1.18 bits per heavy atom. The maximum Gasteiger partial charge on any atom is 0.262 e. The van der Waals surface area contributed by atoms with Gasteiger partial charge in [0.25, 0.3) is 5.91 Å². The summed E-state index contributed by atoms with van der Waals surface area (Å²) in [6, 6.07) is 13.4. The van der Waals surface area contributed by atoms with Crippen LogP contribution < -0.4 is 15.0 Å². The van der Waals surface area contributed by atoms with Crippen molar-refractivity contribution in [3.05, 3.63) is 53.6 Å². The molecule has 148 valence electrons. The number of carbonyl (C=O) groups excluding carboxylic acids is 2. The fourth-order valence-corrected chi connectivity index (χ4v) is 3.33. The van der Waals surface area contributed by atoms with Gasteiger partial charge in [-0.3, -0.25) is 9.59 Å². The second-order valence-corrected chi connectivity index (χ2v) is 7.67.